The van der Waals surface area contributed by atoms with E-state index in [1.165, 1.54) is 5.56 Å². The summed E-state index contributed by atoms with van der Waals surface area (Å²) < 4.78 is 5.12. The zero-order chi connectivity index (χ0) is 20.4. The van der Waals surface area contributed by atoms with Gasteiger partial charge in [0.15, 0.2) is 0 Å². The lowest BCUT2D eigenvalue weighted by atomic mass is 9.72. The van der Waals surface area contributed by atoms with Gasteiger partial charge in [-0.05, 0) is 62.5 Å². The van der Waals surface area contributed by atoms with E-state index in [0.29, 0.717) is 6.61 Å². The Morgan fingerprint density at radius 3 is 2.48 bits per heavy atom. The minimum Gasteiger partial charge on any atom is -0.465 e. The highest BCUT2D eigenvalue weighted by atomic mass is 16.5. The van der Waals surface area contributed by atoms with E-state index in [4.69, 9.17) is 4.74 Å². The molecule has 0 bridgehead atoms. The molecule has 0 N–H and O–H groups in total. The molecule has 0 radical (unpaired) electrons. The predicted octanol–water partition coefficient (Wildman–Crippen LogP) is 3.44. The van der Waals surface area contributed by atoms with E-state index in [1.807, 2.05) is 18.2 Å². The number of anilines is 1. The number of esters is 1. The number of fused-ring (bicyclic) bond motifs is 2. The van der Waals surface area contributed by atoms with Crippen LogP contribution in [0.5, 0.6) is 0 Å². The van der Waals surface area contributed by atoms with E-state index in [2.05, 4.69) is 42.2 Å². The first-order chi connectivity index (χ1) is 14.0. The van der Waals surface area contributed by atoms with Crippen LogP contribution in [0.2, 0.25) is 0 Å². The van der Waals surface area contributed by atoms with Crippen molar-refractivity contribution in [3.8, 4) is 0 Å². The van der Waals surface area contributed by atoms with Crippen LogP contribution >= 0.6 is 0 Å². The highest BCUT2D eigenvalue weighted by Crippen LogP contribution is 2.49. The summed E-state index contributed by atoms with van der Waals surface area (Å²) in [6.07, 6.45) is 1.55. The van der Waals surface area contributed by atoms with Crippen molar-refractivity contribution in [3.63, 3.8) is 0 Å². The maximum atomic E-state index is 13.6. The summed E-state index contributed by atoms with van der Waals surface area (Å²) in [7, 11) is 0. The summed E-state index contributed by atoms with van der Waals surface area (Å²) in [5, 5.41) is 0. The molecule has 1 spiro atoms. The zero-order valence-electron chi connectivity index (χ0n) is 17.2. The fraction of sp³-hybridized carbons (Fsp3) is 0.417. The monoisotopic (exact) mass is 392 g/mol. The van der Waals surface area contributed by atoms with Crippen molar-refractivity contribution in [2.45, 2.75) is 38.6 Å². The fourth-order valence-corrected chi connectivity index (χ4v) is 4.87. The Morgan fingerprint density at radius 2 is 1.79 bits per heavy atom. The van der Waals surface area contributed by atoms with Gasteiger partial charge in [0, 0.05) is 12.2 Å². The third-order valence-electron chi connectivity index (χ3n) is 6.23. The lowest BCUT2D eigenvalue weighted by Crippen LogP contribution is -2.49. The van der Waals surface area contributed by atoms with Crippen LogP contribution in [0, 0.1) is 6.92 Å². The maximum absolute atomic E-state index is 13.6. The minimum atomic E-state index is -0.527. The number of likely N-dealkylation sites (tertiary alicyclic amines) is 1. The molecule has 0 aromatic heterocycles. The largest absolute Gasteiger partial charge is 0.465 e. The third-order valence-corrected chi connectivity index (χ3v) is 6.23. The average molecular weight is 392 g/mol. The number of carbonyl (C=O) groups excluding carboxylic acids is 2. The van der Waals surface area contributed by atoms with Crippen LogP contribution in [-0.2, 0) is 26.3 Å². The molecule has 1 fully saturated rings. The van der Waals surface area contributed by atoms with Crippen LogP contribution in [0.4, 0.5) is 5.69 Å². The first-order valence-corrected chi connectivity index (χ1v) is 10.4. The Morgan fingerprint density at radius 1 is 1.07 bits per heavy atom. The molecule has 2 aromatic carbocycles. The number of aryl methyl sites for hydroxylation is 1. The van der Waals surface area contributed by atoms with Crippen molar-refractivity contribution in [2.75, 3.05) is 31.1 Å². The lowest BCUT2D eigenvalue weighted by molar-refractivity contribution is -0.142. The number of carbonyl (C=O) groups is 2. The number of piperidine rings is 1. The van der Waals surface area contributed by atoms with Crippen LogP contribution in [0.15, 0.2) is 48.5 Å². The number of hydrogen-bond acceptors (Lipinski definition) is 4. The van der Waals surface area contributed by atoms with Gasteiger partial charge in [-0.25, -0.2) is 0 Å². The molecular formula is C24H28N2O3. The van der Waals surface area contributed by atoms with Gasteiger partial charge >= 0.3 is 5.97 Å². The molecule has 1 amide bonds. The maximum Gasteiger partial charge on any atom is 0.326 e. The van der Waals surface area contributed by atoms with E-state index in [1.54, 1.807) is 11.8 Å². The van der Waals surface area contributed by atoms with E-state index in [0.717, 1.165) is 49.3 Å². The van der Waals surface area contributed by atoms with Crippen LogP contribution in [-0.4, -0.2) is 43.0 Å². The van der Waals surface area contributed by atoms with Gasteiger partial charge in [-0.1, -0.05) is 42.5 Å². The quantitative estimate of drug-likeness (QED) is 0.732. The molecule has 0 unspecified atom stereocenters. The van der Waals surface area contributed by atoms with Gasteiger partial charge < -0.3 is 9.64 Å². The average Bonchev–Trinajstić information content (AvgIpc) is 2.94. The molecule has 2 aliphatic rings. The smallest absolute Gasteiger partial charge is 0.326 e. The fourth-order valence-electron chi connectivity index (χ4n) is 4.87. The van der Waals surface area contributed by atoms with Crippen LogP contribution in [0.25, 0.3) is 0 Å². The molecule has 5 nitrogen and oxygen atoms in total. The Kier molecular flexibility index (Phi) is 5.41. The summed E-state index contributed by atoms with van der Waals surface area (Å²) in [6.45, 7) is 6.78. The zero-order valence-corrected chi connectivity index (χ0v) is 17.2. The first kappa shape index (κ1) is 19.6. The molecule has 4 rings (SSSR count). The van der Waals surface area contributed by atoms with Gasteiger partial charge in [0.25, 0.3) is 0 Å². The summed E-state index contributed by atoms with van der Waals surface area (Å²) >= 11 is 0. The first-order valence-electron chi connectivity index (χ1n) is 10.4. The van der Waals surface area contributed by atoms with E-state index in [-0.39, 0.29) is 18.4 Å². The second-order valence-electron chi connectivity index (χ2n) is 8.01. The lowest BCUT2D eigenvalue weighted by Gasteiger charge is -2.39. The molecule has 2 aliphatic heterocycles. The normalized spacial score (nSPS) is 18.1. The Balaban J connectivity index is 1.58. The van der Waals surface area contributed by atoms with Crippen molar-refractivity contribution in [1.82, 2.24) is 4.90 Å². The molecule has 5 heteroatoms. The SMILES string of the molecule is CCOC(=O)CN1C(=O)C2(CCN(Cc3ccccc3)CC2)c2c(C)cccc21. The van der Waals surface area contributed by atoms with Crippen LogP contribution in [0.1, 0.15) is 36.5 Å². The topological polar surface area (TPSA) is 49.9 Å². The van der Waals surface area contributed by atoms with Crippen molar-refractivity contribution >= 4 is 17.6 Å². The van der Waals surface area contributed by atoms with Gasteiger partial charge in [0.05, 0.1) is 12.0 Å². The van der Waals surface area contributed by atoms with Crippen molar-refractivity contribution in [1.29, 1.82) is 0 Å². The molecule has 2 aromatic rings. The molecule has 152 valence electrons. The Labute approximate surface area is 172 Å². The summed E-state index contributed by atoms with van der Waals surface area (Å²) in [6, 6.07) is 16.4. The molecule has 29 heavy (non-hydrogen) atoms. The van der Waals surface area contributed by atoms with Crippen molar-refractivity contribution in [3.05, 3.63) is 65.2 Å². The molecule has 0 atom stereocenters. The minimum absolute atomic E-state index is 0.0153. The highest BCUT2D eigenvalue weighted by Gasteiger charge is 2.53. The highest BCUT2D eigenvalue weighted by molar-refractivity contribution is 6.10. The second kappa shape index (κ2) is 7.99. The molecular weight excluding hydrogens is 364 g/mol. The molecule has 0 saturated carbocycles. The van der Waals surface area contributed by atoms with Gasteiger partial charge in [-0.15, -0.1) is 0 Å². The predicted molar refractivity (Wildman–Crippen MR) is 113 cm³/mol. The Bertz CT molecular complexity index is 902. The number of amides is 1. The third kappa shape index (κ3) is 3.55. The summed E-state index contributed by atoms with van der Waals surface area (Å²) in [5.41, 5.74) is 3.87. The number of hydrogen-bond donors (Lipinski definition) is 0. The van der Waals surface area contributed by atoms with Gasteiger partial charge in [0.2, 0.25) is 5.91 Å². The van der Waals surface area contributed by atoms with E-state index < -0.39 is 5.41 Å². The second-order valence-corrected chi connectivity index (χ2v) is 8.01. The Hall–Kier alpha value is -2.66. The number of rotatable bonds is 5. The van der Waals surface area contributed by atoms with Crippen molar-refractivity contribution in [2.24, 2.45) is 0 Å². The van der Waals surface area contributed by atoms with Gasteiger partial charge in [0.1, 0.15) is 6.54 Å². The molecule has 1 saturated heterocycles. The van der Waals surface area contributed by atoms with Crippen LogP contribution in [0.3, 0.4) is 0 Å². The van der Waals surface area contributed by atoms with Gasteiger partial charge in [-0.3, -0.25) is 14.5 Å². The number of ether oxygens (including phenoxy) is 1. The van der Waals surface area contributed by atoms with Gasteiger partial charge in [-0.2, -0.15) is 0 Å². The molecule has 2 heterocycles. The van der Waals surface area contributed by atoms with Crippen molar-refractivity contribution < 1.29 is 14.3 Å². The standard InChI is InChI=1S/C24H28N2O3/c1-3-29-21(27)17-26-20-11-7-8-18(2)22(20)24(23(26)28)12-14-25(15-13-24)16-19-9-5-4-6-10-19/h4-11H,3,12-17H2,1-2H3. The van der Waals surface area contributed by atoms with E-state index >= 15 is 0 Å². The molecule has 0 aliphatic carbocycles. The number of benzene rings is 2. The van der Waals surface area contributed by atoms with E-state index in [9.17, 15) is 9.59 Å². The summed E-state index contributed by atoms with van der Waals surface area (Å²) in [5.74, 6) is -0.305. The van der Waals surface area contributed by atoms with Crippen LogP contribution < -0.4 is 4.90 Å². The number of nitrogens with zero attached hydrogens (tertiary/aromatic N) is 2. The summed E-state index contributed by atoms with van der Waals surface area (Å²) in [4.78, 5) is 29.8.